The van der Waals surface area contributed by atoms with Crippen LogP contribution in [0.3, 0.4) is 0 Å². The van der Waals surface area contributed by atoms with Crippen LogP contribution in [0.15, 0.2) is 12.3 Å². The Morgan fingerprint density at radius 1 is 1.41 bits per heavy atom. The zero-order valence-electron chi connectivity index (χ0n) is 9.62. The summed E-state index contributed by atoms with van der Waals surface area (Å²) >= 11 is 0. The molecule has 1 aromatic heterocycles. The van der Waals surface area contributed by atoms with Crippen molar-refractivity contribution in [3.05, 3.63) is 12.3 Å². The van der Waals surface area contributed by atoms with E-state index >= 15 is 0 Å². The van der Waals surface area contributed by atoms with Gasteiger partial charge in [-0.15, -0.1) is 0 Å². The van der Waals surface area contributed by atoms with Gasteiger partial charge in [-0.2, -0.15) is 4.98 Å². The van der Waals surface area contributed by atoms with E-state index in [1.807, 2.05) is 6.92 Å². The van der Waals surface area contributed by atoms with Crippen molar-refractivity contribution >= 4 is 11.8 Å². The van der Waals surface area contributed by atoms with Crippen molar-refractivity contribution in [3.63, 3.8) is 0 Å². The lowest BCUT2D eigenvalue weighted by Crippen LogP contribution is -2.14. The second kappa shape index (κ2) is 7.72. The summed E-state index contributed by atoms with van der Waals surface area (Å²) in [5.74, 6) is 1.17. The highest BCUT2D eigenvalue weighted by Gasteiger charge is 2.01. The molecule has 7 heteroatoms. The van der Waals surface area contributed by atoms with Gasteiger partial charge in [-0.1, -0.05) is 0 Å². The molecule has 1 aromatic rings. The summed E-state index contributed by atoms with van der Waals surface area (Å²) in [4.78, 5) is 8.16. The van der Waals surface area contributed by atoms with Crippen LogP contribution in [0.2, 0.25) is 0 Å². The molecule has 17 heavy (non-hydrogen) atoms. The highest BCUT2D eigenvalue weighted by Crippen LogP contribution is 2.04. The molecule has 0 fully saturated rings. The Kier molecular flexibility index (Phi) is 6.16. The lowest BCUT2D eigenvalue weighted by molar-refractivity contribution is 0.0215. The average molecular weight is 246 g/mol. The van der Waals surface area contributed by atoms with Crippen LogP contribution in [0.5, 0.6) is 0 Å². The summed E-state index contributed by atoms with van der Waals surface area (Å²) in [6.07, 6.45) is -0.803. The first-order valence-corrected chi connectivity index (χ1v) is 5.39. The van der Waals surface area contributed by atoms with Gasteiger partial charge in [0.05, 0.1) is 6.61 Å². The molecule has 0 aliphatic rings. The van der Waals surface area contributed by atoms with Gasteiger partial charge < -0.3 is 15.4 Å². The van der Waals surface area contributed by atoms with E-state index in [1.165, 1.54) is 0 Å². The SMILES string of the molecule is CCNc1nccc(NCCOCC(F)F)n1. The molecule has 0 aliphatic carbocycles. The third-order valence-corrected chi connectivity index (χ3v) is 1.79. The van der Waals surface area contributed by atoms with Crippen LogP contribution in [-0.4, -0.2) is 42.7 Å². The van der Waals surface area contributed by atoms with Gasteiger partial charge >= 0.3 is 0 Å². The molecule has 1 heterocycles. The number of rotatable bonds is 8. The number of aromatic nitrogens is 2. The van der Waals surface area contributed by atoms with Crippen molar-refractivity contribution in [1.29, 1.82) is 0 Å². The zero-order chi connectivity index (χ0) is 12.5. The van der Waals surface area contributed by atoms with Gasteiger partial charge in [0, 0.05) is 19.3 Å². The number of nitrogens with zero attached hydrogens (tertiary/aromatic N) is 2. The van der Waals surface area contributed by atoms with Gasteiger partial charge in [0.2, 0.25) is 5.95 Å². The average Bonchev–Trinajstić information content (AvgIpc) is 2.29. The summed E-state index contributed by atoms with van der Waals surface area (Å²) < 4.78 is 28.2. The second-order valence-corrected chi connectivity index (χ2v) is 3.19. The van der Waals surface area contributed by atoms with E-state index in [-0.39, 0.29) is 6.61 Å². The predicted octanol–water partition coefficient (Wildman–Crippen LogP) is 1.60. The molecule has 0 atom stereocenters. The molecule has 0 radical (unpaired) electrons. The van der Waals surface area contributed by atoms with E-state index in [9.17, 15) is 8.78 Å². The molecular formula is C10H16F2N4O. The maximum absolute atomic E-state index is 11.7. The quantitative estimate of drug-likeness (QED) is 0.682. The van der Waals surface area contributed by atoms with Crippen LogP contribution in [0.1, 0.15) is 6.92 Å². The lowest BCUT2D eigenvalue weighted by Gasteiger charge is -2.07. The van der Waals surface area contributed by atoms with E-state index in [0.29, 0.717) is 18.3 Å². The summed E-state index contributed by atoms with van der Waals surface area (Å²) in [7, 11) is 0. The van der Waals surface area contributed by atoms with E-state index in [0.717, 1.165) is 6.54 Å². The van der Waals surface area contributed by atoms with Gasteiger partial charge in [0.1, 0.15) is 12.4 Å². The van der Waals surface area contributed by atoms with E-state index in [4.69, 9.17) is 4.74 Å². The Morgan fingerprint density at radius 2 is 2.24 bits per heavy atom. The fraction of sp³-hybridized carbons (Fsp3) is 0.600. The zero-order valence-corrected chi connectivity index (χ0v) is 9.62. The van der Waals surface area contributed by atoms with Crippen LogP contribution < -0.4 is 10.6 Å². The number of hydrogen-bond acceptors (Lipinski definition) is 5. The molecule has 0 unspecified atom stereocenters. The molecule has 0 aromatic carbocycles. The summed E-state index contributed by atoms with van der Waals surface area (Å²) in [6, 6.07) is 1.70. The number of nitrogens with one attached hydrogen (secondary N) is 2. The topological polar surface area (TPSA) is 59.1 Å². The minimum atomic E-state index is -2.42. The molecule has 1 rings (SSSR count). The largest absolute Gasteiger partial charge is 0.374 e. The monoisotopic (exact) mass is 246 g/mol. The molecule has 2 N–H and O–H groups in total. The van der Waals surface area contributed by atoms with E-state index < -0.39 is 13.0 Å². The molecule has 0 aliphatic heterocycles. The van der Waals surface area contributed by atoms with Crippen molar-refractivity contribution < 1.29 is 13.5 Å². The van der Waals surface area contributed by atoms with Gasteiger partial charge in [-0.3, -0.25) is 0 Å². The summed E-state index contributed by atoms with van der Waals surface area (Å²) in [5.41, 5.74) is 0. The molecular weight excluding hydrogens is 230 g/mol. The first-order chi connectivity index (χ1) is 8.22. The van der Waals surface area contributed by atoms with Crippen molar-refractivity contribution in [2.45, 2.75) is 13.3 Å². The van der Waals surface area contributed by atoms with Gasteiger partial charge in [0.15, 0.2) is 0 Å². The van der Waals surface area contributed by atoms with E-state index in [2.05, 4.69) is 20.6 Å². The van der Waals surface area contributed by atoms with Crippen molar-refractivity contribution in [1.82, 2.24) is 9.97 Å². The van der Waals surface area contributed by atoms with Crippen LogP contribution in [0.4, 0.5) is 20.5 Å². The molecule has 0 bridgehead atoms. The van der Waals surface area contributed by atoms with Crippen molar-refractivity contribution in [3.8, 4) is 0 Å². The van der Waals surface area contributed by atoms with Crippen LogP contribution >= 0.6 is 0 Å². The fourth-order valence-electron chi connectivity index (χ4n) is 1.12. The number of halogens is 2. The summed E-state index contributed by atoms with van der Waals surface area (Å²) in [6.45, 7) is 2.79. The van der Waals surface area contributed by atoms with Crippen molar-refractivity contribution in [2.24, 2.45) is 0 Å². The summed E-state index contributed by atoms with van der Waals surface area (Å²) in [5, 5.41) is 5.93. The molecule has 96 valence electrons. The maximum Gasteiger partial charge on any atom is 0.261 e. The maximum atomic E-state index is 11.7. The fourth-order valence-corrected chi connectivity index (χ4v) is 1.12. The van der Waals surface area contributed by atoms with Crippen LogP contribution in [0.25, 0.3) is 0 Å². The first-order valence-electron chi connectivity index (χ1n) is 5.39. The van der Waals surface area contributed by atoms with Gasteiger partial charge in [-0.05, 0) is 13.0 Å². The number of ether oxygens (including phenoxy) is 1. The smallest absolute Gasteiger partial charge is 0.261 e. The Balaban J connectivity index is 2.24. The highest BCUT2D eigenvalue weighted by molar-refractivity contribution is 5.39. The van der Waals surface area contributed by atoms with Gasteiger partial charge in [0.25, 0.3) is 6.43 Å². The van der Waals surface area contributed by atoms with E-state index in [1.54, 1.807) is 12.3 Å². The Hall–Kier alpha value is -1.50. The Morgan fingerprint density at radius 3 is 2.94 bits per heavy atom. The van der Waals surface area contributed by atoms with Gasteiger partial charge in [-0.25, -0.2) is 13.8 Å². The number of anilines is 2. The third-order valence-electron chi connectivity index (χ3n) is 1.79. The van der Waals surface area contributed by atoms with Crippen molar-refractivity contribution in [2.75, 3.05) is 36.9 Å². The third kappa shape index (κ3) is 5.96. The minimum Gasteiger partial charge on any atom is -0.374 e. The molecule has 0 amide bonds. The molecule has 0 saturated carbocycles. The molecule has 0 spiro atoms. The Labute approximate surface area is 98.6 Å². The molecule has 5 nitrogen and oxygen atoms in total. The van der Waals surface area contributed by atoms with Crippen LogP contribution in [0, 0.1) is 0 Å². The minimum absolute atomic E-state index is 0.213. The first kappa shape index (κ1) is 13.6. The van der Waals surface area contributed by atoms with Crippen LogP contribution in [-0.2, 0) is 4.74 Å². The predicted molar refractivity (Wildman–Crippen MR) is 61.5 cm³/mol. The number of hydrogen-bond donors (Lipinski definition) is 2. The highest BCUT2D eigenvalue weighted by atomic mass is 19.3. The normalized spacial score (nSPS) is 10.6. The lowest BCUT2D eigenvalue weighted by atomic mass is 10.5. The number of alkyl halides is 2. The Bertz CT molecular complexity index is 325. The molecule has 0 saturated heterocycles. The second-order valence-electron chi connectivity index (χ2n) is 3.19. The standard InChI is InChI=1S/C10H16F2N4O/c1-2-13-10-15-4-3-9(16-10)14-5-6-17-7-8(11)12/h3-4,8H,2,5-7H2,1H3,(H2,13,14,15,16).